The van der Waals surface area contributed by atoms with Crippen LogP contribution >= 0.6 is 0 Å². The molecule has 2 N–H and O–H groups in total. The standard InChI is InChI=1S/C31H56.C5H13N/c1-9-24-15-18-31(8)27-16-17-30(7)25(22(4)12-10-11-21(2)3)13-14-26(30)28(27)23(5)19-29(31,6)20-24;1-2-3-4-5-6/h21-28H,9-20H2,1-8H3;2-6H2,1H3. The van der Waals surface area contributed by atoms with E-state index in [9.17, 15) is 0 Å². The van der Waals surface area contributed by atoms with Gasteiger partial charge in [0.15, 0.2) is 0 Å². The number of nitrogens with two attached hydrogens (primary N) is 1. The molecule has 10 unspecified atom stereocenters. The van der Waals surface area contributed by atoms with Gasteiger partial charge >= 0.3 is 0 Å². The molecule has 4 saturated carbocycles. The van der Waals surface area contributed by atoms with Crippen LogP contribution in [0.1, 0.15) is 159 Å². The first-order valence-corrected chi connectivity index (χ1v) is 17.2. The maximum absolute atomic E-state index is 5.21. The van der Waals surface area contributed by atoms with Crippen molar-refractivity contribution in [2.45, 2.75) is 159 Å². The largest absolute Gasteiger partial charge is 0.330 e. The van der Waals surface area contributed by atoms with Gasteiger partial charge in [0.2, 0.25) is 0 Å². The molecule has 1 heteroatoms. The molecule has 4 aliphatic carbocycles. The van der Waals surface area contributed by atoms with E-state index in [0.29, 0.717) is 16.2 Å². The Morgan fingerprint density at radius 2 is 1.54 bits per heavy atom. The summed E-state index contributed by atoms with van der Waals surface area (Å²) in [6, 6.07) is 0. The molecule has 10 atom stereocenters. The molecule has 0 aromatic carbocycles. The number of unbranched alkanes of at least 4 members (excludes halogenated alkanes) is 2. The molecule has 0 bridgehead atoms. The molecule has 0 radical (unpaired) electrons. The minimum Gasteiger partial charge on any atom is -0.330 e. The summed E-state index contributed by atoms with van der Waals surface area (Å²) in [5.74, 6) is 7.78. The van der Waals surface area contributed by atoms with Crippen molar-refractivity contribution in [1.29, 1.82) is 0 Å². The summed E-state index contributed by atoms with van der Waals surface area (Å²) in [4.78, 5) is 0. The van der Waals surface area contributed by atoms with Crippen molar-refractivity contribution in [3.05, 3.63) is 0 Å². The third-order valence-corrected chi connectivity index (χ3v) is 13.4. The molecule has 0 heterocycles. The van der Waals surface area contributed by atoms with Gasteiger partial charge < -0.3 is 5.73 Å². The second kappa shape index (κ2) is 13.1. The minimum absolute atomic E-state index is 0.600. The monoisotopic (exact) mass is 516 g/mol. The van der Waals surface area contributed by atoms with Crippen molar-refractivity contribution in [3.63, 3.8) is 0 Å². The van der Waals surface area contributed by atoms with E-state index in [0.717, 1.165) is 53.9 Å². The van der Waals surface area contributed by atoms with Crippen LogP contribution < -0.4 is 5.73 Å². The minimum atomic E-state index is 0.600. The number of fused-ring (bicyclic) bond motifs is 5. The van der Waals surface area contributed by atoms with Gasteiger partial charge in [0.1, 0.15) is 0 Å². The lowest BCUT2D eigenvalue weighted by molar-refractivity contribution is -0.183. The van der Waals surface area contributed by atoms with Gasteiger partial charge in [-0.25, -0.2) is 0 Å². The van der Waals surface area contributed by atoms with Gasteiger partial charge in [-0.3, -0.25) is 0 Å². The molecular formula is C36H69N. The van der Waals surface area contributed by atoms with Crippen molar-refractivity contribution >= 4 is 0 Å². The van der Waals surface area contributed by atoms with E-state index in [-0.39, 0.29) is 0 Å². The van der Waals surface area contributed by atoms with Gasteiger partial charge in [-0.05, 0) is 128 Å². The molecule has 37 heavy (non-hydrogen) atoms. The fourth-order valence-corrected chi connectivity index (χ4v) is 11.1. The van der Waals surface area contributed by atoms with Crippen molar-refractivity contribution in [2.75, 3.05) is 6.54 Å². The Labute approximate surface area is 234 Å². The van der Waals surface area contributed by atoms with Gasteiger partial charge in [0.25, 0.3) is 0 Å². The molecule has 4 aliphatic rings. The van der Waals surface area contributed by atoms with E-state index < -0.39 is 0 Å². The molecule has 0 spiro atoms. The smallest absolute Gasteiger partial charge is 0.00773 e. The summed E-state index contributed by atoms with van der Waals surface area (Å²) in [5, 5.41) is 0. The Hall–Kier alpha value is -0.0400. The van der Waals surface area contributed by atoms with E-state index in [4.69, 9.17) is 5.73 Å². The first kappa shape index (κ1) is 31.5. The lowest BCUT2D eigenvalue weighted by Crippen LogP contribution is -2.60. The van der Waals surface area contributed by atoms with Gasteiger partial charge in [-0.15, -0.1) is 0 Å². The summed E-state index contributed by atoms with van der Waals surface area (Å²) in [7, 11) is 0. The number of hydrogen-bond acceptors (Lipinski definition) is 1. The average molecular weight is 516 g/mol. The van der Waals surface area contributed by atoms with Crippen LogP contribution in [0.25, 0.3) is 0 Å². The fraction of sp³-hybridized carbons (Fsp3) is 1.00. The lowest BCUT2D eigenvalue weighted by atomic mass is 9.38. The van der Waals surface area contributed by atoms with Crippen LogP contribution in [0, 0.1) is 63.6 Å². The Kier molecular flexibility index (Phi) is 11.1. The Morgan fingerprint density at radius 3 is 2.14 bits per heavy atom. The molecule has 4 rings (SSSR count). The number of hydrogen-bond donors (Lipinski definition) is 1. The first-order valence-electron chi connectivity index (χ1n) is 17.2. The molecular weight excluding hydrogens is 446 g/mol. The van der Waals surface area contributed by atoms with E-state index in [1.165, 1.54) is 83.5 Å². The zero-order valence-electron chi connectivity index (χ0n) is 27.0. The Bertz CT molecular complexity index is 680. The van der Waals surface area contributed by atoms with Crippen LogP contribution in [-0.2, 0) is 0 Å². The van der Waals surface area contributed by atoms with E-state index in [1.807, 2.05) is 0 Å². The molecule has 0 aliphatic heterocycles. The zero-order valence-corrected chi connectivity index (χ0v) is 27.0. The van der Waals surface area contributed by atoms with Crippen LogP contribution in [0.2, 0.25) is 0 Å². The Balaban J connectivity index is 0.000000568. The molecule has 0 saturated heterocycles. The predicted molar refractivity (Wildman–Crippen MR) is 165 cm³/mol. The van der Waals surface area contributed by atoms with Crippen LogP contribution in [-0.4, -0.2) is 6.54 Å². The van der Waals surface area contributed by atoms with Crippen LogP contribution in [0.15, 0.2) is 0 Å². The lowest BCUT2D eigenvalue weighted by Gasteiger charge is -2.67. The maximum atomic E-state index is 5.21. The van der Waals surface area contributed by atoms with Gasteiger partial charge in [0, 0.05) is 0 Å². The SMILES string of the molecule is CCC1CCC2(C)C3CCC4(C)C(C(C)CCCC(C)C)CCC4C3C(C)CC2(C)C1.CCCCCN. The normalized spacial score (nSPS) is 43.9. The highest BCUT2D eigenvalue weighted by atomic mass is 14.7. The first-order chi connectivity index (χ1) is 17.5. The summed E-state index contributed by atoms with van der Waals surface area (Å²) in [5.41, 5.74) is 7.06. The fourth-order valence-electron chi connectivity index (χ4n) is 11.1. The molecule has 0 aromatic rings. The summed E-state index contributed by atoms with van der Waals surface area (Å²) in [6.45, 7) is 23.8. The Morgan fingerprint density at radius 1 is 0.811 bits per heavy atom. The van der Waals surface area contributed by atoms with E-state index >= 15 is 0 Å². The van der Waals surface area contributed by atoms with Crippen LogP contribution in [0.5, 0.6) is 0 Å². The molecule has 218 valence electrons. The third kappa shape index (κ3) is 6.33. The maximum Gasteiger partial charge on any atom is -0.00773 e. The predicted octanol–water partition coefficient (Wildman–Crippen LogP) is 10.9. The molecule has 0 amide bonds. The highest BCUT2D eigenvalue weighted by Crippen LogP contribution is 2.72. The average Bonchev–Trinajstić information content (AvgIpc) is 3.20. The second-order valence-corrected chi connectivity index (χ2v) is 16.0. The van der Waals surface area contributed by atoms with Crippen molar-refractivity contribution in [3.8, 4) is 0 Å². The molecule has 1 nitrogen and oxygen atoms in total. The molecule has 4 fully saturated rings. The summed E-state index contributed by atoms with van der Waals surface area (Å²) < 4.78 is 0. The number of rotatable bonds is 9. The summed E-state index contributed by atoms with van der Waals surface area (Å²) in [6.07, 6.45) is 21.7. The topological polar surface area (TPSA) is 26.0 Å². The van der Waals surface area contributed by atoms with Crippen molar-refractivity contribution in [1.82, 2.24) is 0 Å². The van der Waals surface area contributed by atoms with Crippen LogP contribution in [0.4, 0.5) is 0 Å². The zero-order chi connectivity index (χ0) is 27.4. The highest BCUT2D eigenvalue weighted by molar-refractivity contribution is 5.14. The second-order valence-electron chi connectivity index (χ2n) is 16.0. The quantitative estimate of drug-likeness (QED) is 0.303. The van der Waals surface area contributed by atoms with Gasteiger partial charge in [0.05, 0.1) is 0 Å². The third-order valence-electron chi connectivity index (χ3n) is 13.4. The highest BCUT2D eigenvalue weighted by Gasteiger charge is 2.65. The van der Waals surface area contributed by atoms with E-state index in [2.05, 4.69) is 62.3 Å². The molecule has 0 aromatic heterocycles. The van der Waals surface area contributed by atoms with Gasteiger partial charge in [-0.2, -0.15) is 0 Å². The van der Waals surface area contributed by atoms with Crippen molar-refractivity contribution < 1.29 is 0 Å². The summed E-state index contributed by atoms with van der Waals surface area (Å²) >= 11 is 0. The van der Waals surface area contributed by atoms with Crippen molar-refractivity contribution in [2.24, 2.45) is 69.3 Å². The van der Waals surface area contributed by atoms with Crippen LogP contribution in [0.3, 0.4) is 0 Å². The van der Waals surface area contributed by atoms with Gasteiger partial charge in [-0.1, -0.05) is 101 Å². The van der Waals surface area contributed by atoms with E-state index in [1.54, 1.807) is 12.8 Å².